The van der Waals surface area contributed by atoms with Crippen molar-refractivity contribution >= 4 is 17.8 Å². The molecule has 0 radical (unpaired) electrons. The van der Waals surface area contributed by atoms with Gasteiger partial charge in [0.05, 0.1) is 12.3 Å². The summed E-state index contributed by atoms with van der Waals surface area (Å²) in [6.45, 7) is 2.04. The Hall–Kier alpha value is -3.29. The molecule has 8 nitrogen and oxygen atoms in total. The van der Waals surface area contributed by atoms with E-state index in [4.69, 9.17) is 4.74 Å². The van der Waals surface area contributed by atoms with E-state index in [9.17, 15) is 4.79 Å². The fraction of sp³-hybridized carbons (Fsp3) is 0.235. The minimum absolute atomic E-state index is 0.284. The van der Waals surface area contributed by atoms with Gasteiger partial charge in [-0.1, -0.05) is 0 Å². The Balaban J connectivity index is 2.17. The van der Waals surface area contributed by atoms with Crippen molar-refractivity contribution in [3.63, 3.8) is 0 Å². The average molecular weight is 338 g/mol. The average Bonchev–Trinajstić information content (AvgIpc) is 3.05. The minimum Gasteiger partial charge on any atom is -0.462 e. The van der Waals surface area contributed by atoms with Crippen LogP contribution in [0.15, 0.2) is 36.9 Å². The van der Waals surface area contributed by atoms with E-state index in [2.05, 4.69) is 20.1 Å². The highest BCUT2D eigenvalue weighted by Gasteiger charge is 2.18. The van der Waals surface area contributed by atoms with Crippen LogP contribution in [-0.4, -0.2) is 56.1 Å². The number of ether oxygens (including phenoxy) is 1. The molecule has 0 aliphatic carbocycles. The molecule has 3 heterocycles. The lowest BCUT2D eigenvalue weighted by Crippen LogP contribution is -2.12. The molecule has 3 aromatic rings. The summed E-state index contributed by atoms with van der Waals surface area (Å²) in [5.41, 5.74) is 1.66. The van der Waals surface area contributed by atoms with Crippen molar-refractivity contribution in [1.29, 1.82) is 0 Å². The fourth-order valence-electron chi connectivity index (χ4n) is 2.22. The van der Waals surface area contributed by atoms with Crippen LogP contribution in [0.4, 0.5) is 0 Å². The standard InChI is InChI=1S/C17H18N6O2/c1-4-25-16(24)13-11-19-17-20-15(12-6-5-8-18-10-12)21-23(17)14(13)7-9-22(2)3/h5-11H,4H2,1-3H3/b9-7+. The third-order valence-electron chi connectivity index (χ3n) is 3.35. The lowest BCUT2D eigenvalue weighted by Gasteiger charge is -2.08. The highest BCUT2D eigenvalue weighted by Crippen LogP contribution is 2.18. The Morgan fingerprint density at radius 3 is 2.88 bits per heavy atom. The molecule has 0 saturated carbocycles. The third-order valence-corrected chi connectivity index (χ3v) is 3.35. The van der Waals surface area contributed by atoms with Gasteiger partial charge in [-0.3, -0.25) is 4.98 Å². The van der Waals surface area contributed by atoms with Gasteiger partial charge in [-0.15, -0.1) is 5.10 Å². The summed E-state index contributed by atoms with van der Waals surface area (Å²) in [7, 11) is 3.78. The van der Waals surface area contributed by atoms with Crippen molar-refractivity contribution in [2.75, 3.05) is 20.7 Å². The first-order chi connectivity index (χ1) is 12.1. The molecule has 8 heteroatoms. The van der Waals surface area contributed by atoms with Gasteiger partial charge in [-0.25, -0.2) is 9.78 Å². The third kappa shape index (κ3) is 3.47. The lowest BCUT2D eigenvalue weighted by molar-refractivity contribution is 0.0525. The Labute approximate surface area is 144 Å². The zero-order valence-electron chi connectivity index (χ0n) is 14.2. The molecule has 0 unspecified atom stereocenters. The van der Waals surface area contributed by atoms with Crippen LogP contribution in [-0.2, 0) is 4.74 Å². The number of carbonyl (C=O) groups excluding carboxylic acids is 1. The van der Waals surface area contributed by atoms with E-state index >= 15 is 0 Å². The number of aromatic nitrogens is 5. The zero-order chi connectivity index (χ0) is 17.8. The van der Waals surface area contributed by atoms with Gasteiger partial charge in [-0.05, 0) is 25.1 Å². The van der Waals surface area contributed by atoms with Gasteiger partial charge in [0.2, 0.25) is 0 Å². The Bertz CT molecular complexity index is 918. The summed E-state index contributed by atoms with van der Waals surface area (Å²) >= 11 is 0. The molecular weight excluding hydrogens is 320 g/mol. The summed E-state index contributed by atoms with van der Waals surface area (Å²) in [6.07, 6.45) is 8.42. The molecule has 0 fully saturated rings. The van der Waals surface area contributed by atoms with E-state index in [1.807, 2.05) is 37.3 Å². The molecule has 0 aliphatic rings. The van der Waals surface area contributed by atoms with Crippen LogP contribution in [0.1, 0.15) is 23.0 Å². The SMILES string of the molecule is CCOC(=O)c1cnc2nc(-c3cccnc3)nn2c1/C=C/N(C)C. The Morgan fingerprint density at radius 2 is 2.20 bits per heavy atom. The highest BCUT2D eigenvalue weighted by molar-refractivity contribution is 5.93. The van der Waals surface area contributed by atoms with Gasteiger partial charge in [0.1, 0.15) is 5.56 Å². The van der Waals surface area contributed by atoms with E-state index < -0.39 is 5.97 Å². The van der Waals surface area contributed by atoms with E-state index in [0.29, 0.717) is 22.9 Å². The van der Waals surface area contributed by atoms with Crippen molar-refractivity contribution in [3.05, 3.63) is 48.2 Å². The quantitative estimate of drug-likeness (QED) is 0.657. The summed E-state index contributed by atoms with van der Waals surface area (Å²) in [5.74, 6) is 0.431. The lowest BCUT2D eigenvalue weighted by atomic mass is 10.2. The number of nitrogens with zero attached hydrogens (tertiary/aromatic N) is 6. The van der Waals surface area contributed by atoms with Gasteiger partial charge in [0, 0.05) is 44.4 Å². The van der Waals surface area contributed by atoms with Crippen molar-refractivity contribution in [2.45, 2.75) is 6.92 Å². The molecule has 25 heavy (non-hydrogen) atoms. The van der Waals surface area contributed by atoms with E-state index in [-0.39, 0.29) is 6.61 Å². The minimum atomic E-state index is -0.450. The van der Waals surface area contributed by atoms with Crippen molar-refractivity contribution < 1.29 is 9.53 Å². The van der Waals surface area contributed by atoms with Gasteiger partial charge in [-0.2, -0.15) is 9.50 Å². The van der Waals surface area contributed by atoms with Crippen LogP contribution in [0.25, 0.3) is 23.2 Å². The number of pyridine rings is 1. The summed E-state index contributed by atoms with van der Waals surface area (Å²) < 4.78 is 6.65. The molecular formula is C17H18N6O2. The Morgan fingerprint density at radius 1 is 1.36 bits per heavy atom. The number of hydrogen-bond donors (Lipinski definition) is 0. The van der Waals surface area contributed by atoms with E-state index in [1.165, 1.54) is 10.7 Å². The second-order valence-electron chi connectivity index (χ2n) is 5.45. The van der Waals surface area contributed by atoms with Gasteiger partial charge >= 0.3 is 5.97 Å². The number of carbonyl (C=O) groups is 1. The van der Waals surface area contributed by atoms with Crippen molar-refractivity contribution in [3.8, 4) is 11.4 Å². The molecule has 0 aromatic carbocycles. The van der Waals surface area contributed by atoms with Crippen LogP contribution < -0.4 is 0 Å². The van der Waals surface area contributed by atoms with Crippen LogP contribution in [0.2, 0.25) is 0 Å². The van der Waals surface area contributed by atoms with Gasteiger partial charge in [0.25, 0.3) is 5.78 Å². The molecule has 0 atom stereocenters. The first-order valence-electron chi connectivity index (χ1n) is 7.78. The molecule has 0 bridgehead atoms. The molecule has 128 valence electrons. The van der Waals surface area contributed by atoms with Crippen molar-refractivity contribution in [2.24, 2.45) is 0 Å². The van der Waals surface area contributed by atoms with Gasteiger partial charge < -0.3 is 9.64 Å². The van der Waals surface area contributed by atoms with Crippen LogP contribution >= 0.6 is 0 Å². The summed E-state index contributed by atoms with van der Waals surface area (Å²) in [5, 5.41) is 4.49. The van der Waals surface area contributed by atoms with Crippen LogP contribution in [0.3, 0.4) is 0 Å². The van der Waals surface area contributed by atoms with Crippen molar-refractivity contribution in [1.82, 2.24) is 29.5 Å². The topological polar surface area (TPSA) is 85.5 Å². The summed E-state index contributed by atoms with van der Waals surface area (Å²) in [6, 6.07) is 3.68. The second-order valence-corrected chi connectivity index (χ2v) is 5.45. The first-order valence-corrected chi connectivity index (χ1v) is 7.78. The normalized spacial score (nSPS) is 11.2. The predicted molar refractivity (Wildman–Crippen MR) is 92.7 cm³/mol. The van der Waals surface area contributed by atoms with Crippen LogP contribution in [0.5, 0.6) is 0 Å². The van der Waals surface area contributed by atoms with Crippen LogP contribution in [0, 0.1) is 0 Å². The Kier molecular flexibility index (Phi) is 4.69. The fourth-order valence-corrected chi connectivity index (χ4v) is 2.22. The molecule has 0 spiro atoms. The number of hydrogen-bond acceptors (Lipinski definition) is 7. The maximum Gasteiger partial charge on any atom is 0.341 e. The highest BCUT2D eigenvalue weighted by atomic mass is 16.5. The largest absolute Gasteiger partial charge is 0.462 e. The molecule has 3 aromatic heterocycles. The van der Waals surface area contributed by atoms with E-state index in [0.717, 1.165) is 5.56 Å². The monoisotopic (exact) mass is 338 g/mol. The molecule has 0 saturated heterocycles. The molecule has 3 rings (SSSR count). The smallest absolute Gasteiger partial charge is 0.341 e. The predicted octanol–water partition coefficient (Wildman–Crippen LogP) is 1.90. The summed E-state index contributed by atoms with van der Waals surface area (Å²) in [4.78, 5) is 26.8. The molecule has 0 aliphatic heterocycles. The number of rotatable bonds is 5. The zero-order valence-corrected chi connectivity index (χ0v) is 14.2. The van der Waals surface area contributed by atoms with Gasteiger partial charge in [0.15, 0.2) is 5.82 Å². The molecule has 0 N–H and O–H groups in total. The second kappa shape index (κ2) is 7.08. The molecule has 0 amide bonds. The maximum atomic E-state index is 12.2. The first kappa shape index (κ1) is 16.6. The number of fused-ring (bicyclic) bond motifs is 1. The van der Waals surface area contributed by atoms with E-state index in [1.54, 1.807) is 25.4 Å². The maximum absolute atomic E-state index is 12.2. The number of esters is 1.